The smallest absolute Gasteiger partial charge is 0.348 e. The molecule has 0 amide bonds. The molecular weight excluding hydrogens is 157 g/mol. The topological polar surface area (TPSA) is 92.8 Å². The molecule has 0 saturated carbocycles. The van der Waals surface area contributed by atoms with Gasteiger partial charge in [-0.05, 0) is 13.8 Å². The van der Waals surface area contributed by atoms with Crippen molar-refractivity contribution < 1.29 is 19.1 Å². The van der Waals surface area contributed by atoms with Crippen molar-refractivity contribution in [2.75, 3.05) is 0 Å². The molecule has 5 nitrogen and oxygen atoms in total. The molecule has 2 unspecified atom stereocenters. The molecule has 0 radical (unpaired) electrons. The van der Waals surface area contributed by atoms with Crippen LogP contribution in [0.2, 0.25) is 0 Å². The zero-order chi connectivity index (χ0) is 8.36. The summed E-state index contributed by atoms with van der Waals surface area (Å²) in [5.74, 6) is -1.12. The second-order valence-electron chi connectivity index (χ2n) is 2.03. The summed E-state index contributed by atoms with van der Waals surface area (Å²) in [6.45, 7) is 2.79. The van der Waals surface area contributed by atoms with Crippen molar-refractivity contribution in [1.82, 2.24) is 0 Å². The van der Waals surface area contributed by atoms with Gasteiger partial charge in [0.15, 0.2) is 5.85 Å². The predicted molar refractivity (Wildman–Crippen MR) is 36.2 cm³/mol. The van der Waals surface area contributed by atoms with Gasteiger partial charge in [-0.2, -0.15) is 0 Å². The van der Waals surface area contributed by atoms with Gasteiger partial charge in [-0.1, -0.05) is 0 Å². The van der Waals surface area contributed by atoms with Crippen LogP contribution in [0.15, 0.2) is 0 Å². The van der Waals surface area contributed by atoms with Crippen LogP contribution in [0, 0.1) is 0 Å². The fourth-order valence-electron chi connectivity index (χ4n) is 0.390. The lowest BCUT2D eigenvalue weighted by atomic mass is 10.7. The first-order valence-corrected chi connectivity index (χ1v) is 4.48. The molecule has 4 N–H and O–H groups in total. The van der Waals surface area contributed by atoms with Crippen LogP contribution in [0.1, 0.15) is 13.8 Å². The van der Waals surface area contributed by atoms with E-state index in [-0.39, 0.29) is 0 Å². The molecule has 0 aliphatic rings. The number of ether oxygens (including phenoxy) is 1. The highest BCUT2D eigenvalue weighted by Crippen LogP contribution is 2.41. The van der Waals surface area contributed by atoms with E-state index >= 15 is 0 Å². The van der Waals surface area contributed by atoms with E-state index in [9.17, 15) is 4.57 Å². The Balaban J connectivity index is 3.86. The van der Waals surface area contributed by atoms with E-state index < -0.39 is 19.7 Å². The van der Waals surface area contributed by atoms with Crippen molar-refractivity contribution in [3.8, 4) is 0 Å². The molecule has 0 aliphatic carbocycles. The monoisotopic (exact) mass is 169 g/mol. The van der Waals surface area contributed by atoms with Gasteiger partial charge in [-0.15, -0.1) is 0 Å². The summed E-state index contributed by atoms with van der Waals surface area (Å²) < 4.78 is 15.0. The molecule has 0 aromatic carbocycles. The lowest BCUT2D eigenvalue weighted by Gasteiger charge is -2.16. The maximum atomic E-state index is 10.4. The first kappa shape index (κ1) is 10.1. The maximum Gasteiger partial charge on any atom is 0.353 e. The lowest BCUT2D eigenvalue weighted by molar-refractivity contribution is 0.0413. The number of nitrogens with two attached hydrogens (primary N) is 1. The predicted octanol–water partition coefficient (Wildman–Crippen LogP) is -0.169. The van der Waals surface area contributed by atoms with E-state index in [2.05, 4.69) is 4.74 Å². The van der Waals surface area contributed by atoms with Gasteiger partial charge < -0.3 is 20.3 Å². The van der Waals surface area contributed by atoms with E-state index in [1.54, 1.807) is 0 Å². The average molecular weight is 169 g/mol. The molecule has 0 aromatic rings. The molecule has 0 spiro atoms. The minimum atomic E-state index is -4.11. The van der Waals surface area contributed by atoms with E-state index in [0.29, 0.717) is 0 Å². The number of rotatable bonds is 3. The number of hydrogen-bond donors (Lipinski definition) is 3. The van der Waals surface area contributed by atoms with Crippen molar-refractivity contribution in [2.24, 2.45) is 5.73 Å². The quantitative estimate of drug-likeness (QED) is 0.403. The zero-order valence-electron chi connectivity index (χ0n) is 5.89. The minimum absolute atomic E-state index is 0.650. The second-order valence-corrected chi connectivity index (χ2v) is 3.94. The van der Waals surface area contributed by atoms with Crippen LogP contribution in [0.5, 0.6) is 0 Å². The summed E-state index contributed by atoms with van der Waals surface area (Å²) >= 11 is 0. The summed E-state index contributed by atoms with van der Waals surface area (Å²) in [4.78, 5) is 16.9. The molecule has 0 aliphatic heterocycles. The Kier molecular flexibility index (Phi) is 3.48. The second kappa shape index (κ2) is 3.46. The third-order valence-electron chi connectivity index (χ3n) is 0.885. The van der Waals surface area contributed by atoms with Crippen molar-refractivity contribution in [3.05, 3.63) is 0 Å². The summed E-state index contributed by atoms with van der Waals surface area (Å²) in [5, 5.41) is 0. The van der Waals surface area contributed by atoms with Crippen molar-refractivity contribution in [2.45, 2.75) is 25.9 Å². The van der Waals surface area contributed by atoms with E-state index in [0.717, 1.165) is 0 Å². The highest BCUT2D eigenvalue weighted by Gasteiger charge is 2.25. The SMILES string of the molecule is CC(N)OC(C)P(=O)(O)O. The molecule has 0 rings (SSSR count). The molecule has 0 bridgehead atoms. The third kappa shape index (κ3) is 3.98. The Hall–Kier alpha value is 0.0700. The van der Waals surface area contributed by atoms with Crippen LogP contribution in [-0.4, -0.2) is 21.9 Å². The van der Waals surface area contributed by atoms with Gasteiger partial charge in [-0.3, -0.25) is 4.57 Å². The van der Waals surface area contributed by atoms with Gasteiger partial charge >= 0.3 is 7.60 Å². The van der Waals surface area contributed by atoms with Gasteiger partial charge in [0.25, 0.3) is 0 Å². The average Bonchev–Trinajstić information content (AvgIpc) is 1.60. The zero-order valence-corrected chi connectivity index (χ0v) is 6.78. The first-order valence-electron chi connectivity index (χ1n) is 2.80. The molecule has 10 heavy (non-hydrogen) atoms. The van der Waals surface area contributed by atoms with E-state index in [1.165, 1.54) is 13.8 Å². The molecular formula is C4H12NO4P. The Bertz CT molecular complexity index is 142. The fraction of sp³-hybridized carbons (Fsp3) is 1.00. The van der Waals surface area contributed by atoms with E-state index in [4.69, 9.17) is 15.5 Å². The normalized spacial score (nSPS) is 18.5. The van der Waals surface area contributed by atoms with Crippen LogP contribution < -0.4 is 5.73 Å². The Morgan fingerprint density at radius 2 is 1.90 bits per heavy atom. The molecule has 2 atom stereocenters. The first-order chi connectivity index (χ1) is 4.34. The van der Waals surface area contributed by atoms with Crippen LogP contribution in [0.3, 0.4) is 0 Å². The van der Waals surface area contributed by atoms with Crippen molar-refractivity contribution in [3.63, 3.8) is 0 Å². The van der Waals surface area contributed by atoms with Gasteiger partial charge in [0.05, 0.1) is 0 Å². The maximum absolute atomic E-state index is 10.4. The molecule has 0 fully saturated rings. The van der Waals surface area contributed by atoms with Crippen LogP contribution in [0.25, 0.3) is 0 Å². The van der Waals surface area contributed by atoms with Gasteiger partial charge in [0.2, 0.25) is 0 Å². The Labute approximate surface area is 59.3 Å². The summed E-state index contributed by atoms with van der Waals surface area (Å²) in [5.41, 5.74) is 5.12. The van der Waals surface area contributed by atoms with Gasteiger partial charge in [-0.25, -0.2) is 0 Å². The Morgan fingerprint density at radius 3 is 2.00 bits per heavy atom. The van der Waals surface area contributed by atoms with Crippen molar-refractivity contribution in [1.29, 1.82) is 0 Å². The van der Waals surface area contributed by atoms with Crippen LogP contribution in [0.4, 0.5) is 0 Å². The lowest BCUT2D eigenvalue weighted by Crippen LogP contribution is -2.24. The summed E-state index contributed by atoms with van der Waals surface area (Å²) in [6, 6.07) is 0. The summed E-state index contributed by atoms with van der Waals surface area (Å²) in [6.07, 6.45) is -0.650. The van der Waals surface area contributed by atoms with Crippen molar-refractivity contribution >= 4 is 7.60 Å². The highest BCUT2D eigenvalue weighted by atomic mass is 31.2. The third-order valence-corrected chi connectivity index (χ3v) is 1.95. The van der Waals surface area contributed by atoms with Crippen LogP contribution >= 0.6 is 7.60 Å². The van der Waals surface area contributed by atoms with E-state index in [1.807, 2.05) is 0 Å². The fourth-order valence-corrected chi connectivity index (χ4v) is 0.740. The minimum Gasteiger partial charge on any atom is -0.348 e. The van der Waals surface area contributed by atoms with Gasteiger partial charge in [0.1, 0.15) is 6.23 Å². The highest BCUT2D eigenvalue weighted by molar-refractivity contribution is 7.52. The number of hydrogen-bond acceptors (Lipinski definition) is 3. The largest absolute Gasteiger partial charge is 0.353 e. The molecule has 0 heterocycles. The van der Waals surface area contributed by atoms with Crippen LogP contribution in [-0.2, 0) is 9.30 Å². The molecule has 62 valence electrons. The Morgan fingerprint density at radius 1 is 1.50 bits per heavy atom. The molecule has 0 saturated heterocycles. The standard InChI is InChI=1S/C4H12NO4P/c1-3(5)9-4(2)10(6,7)8/h3-4H,5H2,1-2H3,(H2,6,7,8). The van der Waals surface area contributed by atoms with Gasteiger partial charge in [0, 0.05) is 0 Å². The summed E-state index contributed by atoms with van der Waals surface area (Å²) in [7, 11) is -4.11. The molecule has 0 aromatic heterocycles. The molecule has 6 heteroatoms.